The number of nitrogens with one attached hydrogen (secondary N) is 1. The summed E-state index contributed by atoms with van der Waals surface area (Å²) >= 11 is 0. The quantitative estimate of drug-likeness (QED) is 0.811. The second-order valence-corrected chi connectivity index (χ2v) is 4.43. The highest BCUT2D eigenvalue weighted by atomic mass is 14.9. The Bertz CT molecular complexity index is 534. The van der Waals surface area contributed by atoms with Gasteiger partial charge in [-0.2, -0.15) is 0 Å². The molecule has 1 atom stereocenters. The SMILES string of the molecule is CNC(C=C(C)C)c1ccnc2ccccc12. The summed E-state index contributed by atoms with van der Waals surface area (Å²) in [7, 11) is 1.99. The van der Waals surface area contributed by atoms with E-state index in [2.05, 4.69) is 48.4 Å². The minimum absolute atomic E-state index is 0.243. The van der Waals surface area contributed by atoms with Crippen molar-refractivity contribution in [3.63, 3.8) is 0 Å². The van der Waals surface area contributed by atoms with Crippen LogP contribution in [0.2, 0.25) is 0 Å². The van der Waals surface area contributed by atoms with Crippen LogP contribution >= 0.6 is 0 Å². The second-order valence-electron chi connectivity index (χ2n) is 4.43. The summed E-state index contributed by atoms with van der Waals surface area (Å²) < 4.78 is 0. The van der Waals surface area contributed by atoms with E-state index in [1.165, 1.54) is 16.5 Å². The highest BCUT2D eigenvalue weighted by Gasteiger charge is 2.09. The lowest BCUT2D eigenvalue weighted by molar-refractivity contribution is 0.714. The molecule has 0 aliphatic carbocycles. The van der Waals surface area contributed by atoms with Gasteiger partial charge in [0.2, 0.25) is 0 Å². The van der Waals surface area contributed by atoms with E-state index >= 15 is 0 Å². The van der Waals surface area contributed by atoms with Gasteiger partial charge in [0.15, 0.2) is 0 Å². The molecule has 2 nitrogen and oxygen atoms in total. The summed E-state index contributed by atoms with van der Waals surface area (Å²) in [5.74, 6) is 0. The number of nitrogens with zero attached hydrogens (tertiary/aromatic N) is 1. The lowest BCUT2D eigenvalue weighted by atomic mass is 10.0. The van der Waals surface area contributed by atoms with Gasteiger partial charge in [-0.1, -0.05) is 29.8 Å². The Labute approximate surface area is 102 Å². The van der Waals surface area contributed by atoms with Crippen molar-refractivity contribution in [3.8, 4) is 0 Å². The third kappa shape index (κ3) is 2.53. The largest absolute Gasteiger partial charge is 0.310 e. The van der Waals surface area contributed by atoms with E-state index in [9.17, 15) is 0 Å². The van der Waals surface area contributed by atoms with Crippen molar-refractivity contribution in [1.82, 2.24) is 10.3 Å². The first-order valence-electron chi connectivity index (χ1n) is 5.88. The van der Waals surface area contributed by atoms with Crippen molar-refractivity contribution in [2.24, 2.45) is 0 Å². The van der Waals surface area contributed by atoms with E-state index in [4.69, 9.17) is 0 Å². The maximum Gasteiger partial charge on any atom is 0.0705 e. The fraction of sp³-hybridized carbons (Fsp3) is 0.267. The standard InChI is InChI=1S/C15H18N2/c1-11(2)10-15(16-3)13-8-9-17-14-7-5-4-6-12(13)14/h4-10,15-16H,1-3H3. The Morgan fingerprint density at radius 2 is 2.00 bits per heavy atom. The van der Waals surface area contributed by atoms with Gasteiger partial charge in [0.25, 0.3) is 0 Å². The molecule has 0 saturated heterocycles. The zero-order chi connectivity index (χ0) is 12.3. The fourth-order valence-corrected chi connectivity index (χ4v) is 2.05. The molecule has 0 aliphatic rings. The highest BCUT2D eigenvalue weighted by molar-refractivity contribution is 5.82. The third-order valence-electron chi connectivity index (χ3n) is 2.83. The molecule has 1 heterocycles. The molecule has 0 spiro atoms. The van der Waals surface area contributed by atoms with Crippen LogP contribution in [0.1, 0.15) is 25.5 Å². The number of para-hydroxylation sites is 1. The van der Waals surface area contributed by atoms with Crippen LogP contribution in [0.25, 0.3) is 10.9 Å². The van der Waals surface area contributed by atoms with Gasteiger partial charge in [0.05, 0.1) is 11.6 Å². The first kappa shape index (κ1) is 11.8. The maximum absolute atomic E-state index is 4.39. The first-order valence-corrected chi connectivity index (χ1v) is 5.88. The van der Waals surface area contributed by atoms with Crippen molar-refractivity contribution >= 4 is 10.9 Å². The summed E-state index contributed by atoms with van der Waals surface area (Å²) in [5, 5.41) is 4.55. The Morgan fingerprint density at radius 3 is 2.71 bits per heavy atom. The molecule has 1 aromatic carbocycles. The topological polar surface area (TPSA) is 24.9 Å². The minimum atomic E-state index is 0.243. The van der Waals surface area contributed by atoms with Gasteiger partial charge in [0, 0.05) is 11.6 Å². The molecule has 2 aromatic rings. The van der Waals surface area contributed by atoms with Gasteiger partial charge in [-0.05, 0) is 38.6 Å². The number of rotatable bonds is 3. The molecule has 17 heavy (non-hydrogen) atoms. The van der Waals surface area contributed by atoms with Crippen LogP contribution in [0.15, 0.2) is 48.2 Å². The van der Waals surface area contributed by atoms with E-state index in [-0.39, 0.29) is 6.04 Å². The van der Waals surface area contributed by atoms with Gasteiger partial charge in [-0.25, -0.2) is 0 Å². The first-order chi connectivity index (χ1) is 8.22. The molecule has 0 fully saturated rings. The molecule has 1 N–H and O–H groups in total. The highest BCUT2D eigenvalue weighted by Crippen LogP contribution is 2.24. The maximum atomic E-state index is 4.39. The van der Waals surface area contributed by atoms with Crippen LogP contribution in [0.3, 0.4) is 0 Å². The van der Waals surface area contributed by atoms with Crippen molar-refractivity contribution in [2.45, 2.75) is 19.9 Å². The second kappa shape index (κ2) is 5.11. The lowest BCUT2D eigenvalue weighted by Crippen LogP contribution is -2.14. The monoisotopic (exact) mass is 226 g/mol. The normalized spacial score (nSPS) is 12.4. The van der Waals surface area contributed by atoms with Crippen LogP contribution in [-0.2, 0) is 0 Å². The number of fused-ring (bicyclic) bond motifs is 1. The molecule has 88 valence electrons. The van der Waals surface area contributed by atoms with Gasteiger partial charge in [-0.15, -0.1) is 0 Å². The third-order valence-corrected chi connectivity index (χ3v) is 2.83. The molecular formula is C15H18N2. The van der Waals surface area contributed by atoms with Crippen LogP contribution < -0.4 is 5.32 Å². The summed E-state index contributed by atoms with van der Waals surface area (Å²) in [4.78, 5) is 4.39. The van der Waals surface area contributed by atoms with Gasteiger partial charge in [0.1, 0.15) is 0 Å². The molecule has 1 aromatic heterocycles. The van der Waals surface area contributed by atoms with E-state index < -0.39 is 0 Å². The van der Waals surface area contributed by atoms with Crippen LogP contribution in [0.5, 0.6) is 0 Å². The van der Waals surface area contributed by atoms with Crippen molar-refractivity contribution < 1.29 is 0 Å². The Kier molecular flexibility index (Phi) is 3.55. The zero-order valence-corrected chi connectivity index (χ0v) is 10.6. The summed E-state index contributed by atoms with van der Waals surface area (Å²) in [6.45, 7) is 4.24. The lowest BCUT2D eigenvalue weighted by Gasteiger charge is -2.15. The summed E-state index contributed by atoms with van der Waals surface area (Å²) in [6.07, 6.45) is 4.11. The van der Waals surface area contributed by atoms with Gasteiger partial charge < -0.3 is 5.32 Å². The smallest absolute Gasteiger partial charge is 0.0705 e. The number of benzene rings is 1. The van der Waals surface area contributed by atoms with Crippen LogP contribution in [-0.4, -0.2) is 12.0 Å². The van der Waals surface area contributed by atoms with Crippen molar-refractivity contribution in [3.05, 3.63) is 53.7 Å². The molecular weight excluding hydrogens is 208 g/mol. The number of aromatic nitrogens is 1. The van der Waals surface area contributed by atoms with E-state index in [1.807, 2.05) is 25.4 Å². The molecule has 0 aliphatic heterocycles. The van der Waals surface area contributed by atoms with Crippen LogP contribution in [0, 0.1) is 0 Å². The number of pyridine rings is 1. The predicted molar refractivity (Wildman–Crippen MR) is 73.0 cm³/mol. The zero-order valence-electron chi connectivity index (χ0n) is 10.6. The number of likely N-dealkylation sites (N-methyl/N-ethyl adjacent to an activating group) is 1. The molecule has 1 unspecified atom stereocenters. The number of allylic oxidation sites excluding steroid dienone is 1. The Hall–Kier alpha value is -1.67. The van der Waals surface area contributed by atoms with E-state index in [0.717, 1.165) is 5.52 Å². The molecule has 2 heteroatoms. The molecule has 0 saturated carbocycles. The molecule has 2 rings (SSSR count). The molecule has 0 bridgehead atoms. The van der Waals surface area contributed by atoms with E-state index in [1.54, 1.807) is 0 Å². The fourth-order valence-electron chi connectivity index (χ4n) is 2.05. The van der Waals surface area contributed by atoms with E-state index in [0.29, 0.717) is 0 Å². The van der Waals surface area contributed by atoms with Crippen LogP contribution in [0.4, 0.5) is 0 Å². The van der Waals surface area contributed by atoms with Gasteiger partial charge >= 0.3 is 0 Å². The number of hydrogen-bond acceptors (Lipinski definition) is 2. The predicted octanol–water partition coefficient (Wildman–Crippen LogP) is 3.46. The Balaban J connectivity index is 2.57. The summed E-state index contributed by atoms with van der Waals surface area (Å²) in [5.41, 5.74) is 3.64. The Morgan fingerprint density at radius 1 is 1.24 bits per heavy atom. The summed E-state index contributed by atoms with van der Waals surface area (Å²) in [6, 6.07) is 10.6. The number of hydrogen-bond donors (Lipinski definition) is 1. The average Bonchev–Trinajstić information content (AvgIpc) is 2.35. The minimum Gasteiger partial charge on any atom is -0.310 e. The van der Waals surface area contributed by atoms with Gasteiger partial charge in [-0.3, -0.25) is 4.98 Å². The van der Waals surface area contributed by atoms with Crippen molar-refractivity contribution in [2.75, 3.05) is 7.05 Å². The average molecular weight is 226 g/mol. The molecule has 0 amide bonds. The molecule has 0 radical (unpaired) electrons. The van der Waals surface area contributed by atoms with Crippen molar-refractivity contribution in [1.29, 1.82) is 0 Å².